The Labute approximate surface area is 115 Å². The normalized spacial score (nSPS) is 21.9. The quantitative estimate of drug-likeness (QED) is 0.829. The Morgan fingerprint density at radius 3 is 2.79 bits per heavy atom. The van der Waals surface area contributed by atoms with Crippen LogP contribution < -0.4 is 5.32 Å². The first-order valence-corrected chi connectivity index (χ1v) is 7.12. The summed E-state index contributed by atoms with van der Waals surface area (Å²) in [5, 5.41) is 5.16. The summed E-state index contributed by atoms with van der Waals surface area (Å²) in [6.45, 7) is 5.92. The SMILES string of the molecule is CC1(C)CN(C2CN(C(=O)Nc3nccs3)C2)C1=O. The molecule has 0 aromatic carbocycles. The highest BCUT2D eigenvalue weighted by molar-refractivity contribution is 7.13. The highest BCUT2D eigenvalue weighted by Gasteiger charge is 2.50. The van der Waals surface area contributed by atoms with E-state index in [1.54, 1.807) is 11.1 Å². The molecule has 0 saturated carbocycles. The highest BCUT2D eigenvalue weighted by Crippen LogP contribution is 2.34. The molecule has 0 atom stereocenters. The van der Waals surface area contributed by atoms with Crippen molar-refractivity contribution < 1.29 is 9.59 Å². The van der Waals surface area contributed by atoms with Crippen molar-refractivity contribution in [2.45, 2.75) is 19.9 Å². The van der Waals surface area contributed by atoms with Crippen molar-refractivity contribution in [2.24, 2.45) is 5.41 Å². The Morgan fingerprint density at radius 2 is 2.26 bits per heavy atom. The molecule has 2 aliphatic heterocycles. The third-order valence-electron chi connectivity index (χ3n) is 3.64. The predicted molar refractivity (Wildman–Crippen MR) is 72.0 cm³/mol. The first kappa shape index (κ1) is 12.4. The summed E-state index contributed by atoms with van der Waals surface area (Å²) in [6.07, 6.45) is 1.65. The van der Waals surface area contributed by atoms with Crippen LogP contribution in [-0.2, 0) is 4.79 Å². The summed E-state index contributed by atoms with van der Waals surface area (Å²) in [5.41, 5.74) is -0.219. The van der Waals surface area contributed by atoms with Gasteiger partial charge in [0.25, 0.3) is 0 Å². The average Bonchev–Trinajstić information content (AvgIpc) is 2.78. The van der Waals surface area contributed by atoms with Crippen LogP contribution in [0.15, 0.2) is 11.6 Å². The first-order chi connectivity index (χ1) is 8.97. The molecule has 1 aromatic heterocycles. The van der Waals surface area contributed by atoms with Crippen molar-refractivity contribution in [3.05, 3.63) is 11.6 Å². The number of nitrogens with zero attached hydrogens (tertiary/aromatic N) is 3. The Morgan fingerprint density at radius 1 is 1.53 bits per heavy atom. The van der Waals surface area contributed by atoms with E-state index in [2.05, 4.69) is 10.3 Å². The lowest BCUT2D eigenvalue weighted by Crippen LogP contribution is -2.71. The van der Waals surface area contributed by atoms with Crippen LogP contribution in [0.1, 0.15) is 13.8 Å². The van der Waals surface area contributed by atoms with Gasteiger partial charge < -0.3 is 9.80 Å². The van der Waals surface area contributed by atoms with Crippen LogP contribution in [0.4, 0.5) is 9.93 Å². The summed E-state index contributed by atoms with van der Waals surface area (Å²) in [6, 6.07) is 0.0426. The van der Waals surface area contributed by atoms with Crippen molar-refractivity contribution in [2.75, 3.05) is 25.0 Å². The van der Waals surface area contributed by atoms with Crippen LogP contribution in [-0.4, -0.2) is 52.4 Å². The van der Waals surface area contributed by atoms with E-state index in [1.165, 1.54) is 11.3 Å². The zero-order valence-electron chi connectivity index (χ0n) is 10.9. The molecule has 7 heteroatoms. The maximum atomic E-state index is 11.9. The maximum absolute atomic E-state index is 11.9. The lowest BCUT2D eigenvalue weighted by molar-refractivity contribution is -0.165. The second kappa shape index (κ2) is 4.19. The van der Waals surface area contributed by atoms with E-state index in [0.29, 0.717) is 18.2 Å². The van der Waals surface area contributed by atoms with Gasteiger partial charge in [-0.3, -0.25) is 10.1 Å². The number of hydrogen-bond acceptors (Lipinski definition) is 4. The molecule has 6 nitrogen and oxygen atoms in total. The van der Waals surface area contributed by atoms with Crippen molar-refractivity contribution in [3.63, 3.8) is 0 Å². The number of carbonyl (C=O) groups excluding carboxylic acids is 2. The van der Waals surface area contributed by atoms with Gasteiger partial charge in [-0.1, -0.05) is 0 Å². The molecule has 2 saturated heterocycles. The van der Waals surface area contributed by atoms with Crippen LogP contribution in [0, 0.1) is 5.41 Å². The van der Waals surface area contributed by atoms with Gasteiger partial charge in [-0.25, -0.2) is 9.78 Å². The molecule has 0 aliphatic carbocycles. The van der Waals surface area contributed by atoms with Gasteiger partial charge in [0.1, 0.15) is 0 Å². The standard InChI is InChI=1S/C12H16N4O2S/c1-12(2)7-16(9(12)17)8-5-15(6-8)11(18)14-10-13-3-4-19-10/h3-4,8H,5-7H2,1-2H3,(H,13,14,18). The number of amides is 3. The fourth-order valence-electron chi connectivity index (χ4n) is 2.43. The number of β-lactam (4-membered cyclic amide) rings is 1. The number of likely N-dealkylation sites (tertiary alicyclic amines) is 2. The summed E-state index contributed by atoms with van der Waals surface area (Å²) < 4.78 is 0. The minimum absolute atomic E-state index is 0.140. The number of urea groups is 1. The number of aromatic nitrogens is 1. The zero-order chi connectivity index (χ0) is 13.6. The van der Waals surface area contributed by atoms with Gasteiger partial charge in [-0.15, -0.1) is 11.3 Å². The molecular weight excluding hydrogens is 264 g/mol. The van der Waals surface area contributed by atoms with Crippen LogP contribution in [0.25, 0.3) is 0 Å². The third kappa shape index (κ3) is 2.07. The maximum Gasteiger partial charge on any atom is 0.323 e. The molecule has 3 amide bonds. The fourth-order valence-corrected chi connectivity index (χ4v) is 2.95. The van der Waals surface area contributed by atoms with Crippen LogP contribution in [0.2, 0.25) is 0 Å². The van der Waals surface area contributed by atoms with Gasteiger partial charge in [0, 0.05) is 31.2 Å². The van der Waals surface area contributed by atoms with Crippen molar-refractivity contribution in [3.8, 4) is 0 Å². The van der Waals surface area contributed by atoms with Crippen LogP contribution in [0.5, 0.6) is 0 Å². The largest absolute Gasteiger partial charge is 0.335 e. The Balaban J connectivity index is 1.48. The van der Waals surface area contributed by atoms with E-state index >= 15 is 0 Å². The molecule has 19 heavy (non-hydrogen) atoms. The molecule has 1 aromatic rings. The smallest absolute Gasteiger partial charge is 0.323 e. The number of anilines is 1. The van der Waals surface area contributed by atoms with E-state index in [4.69, 9.17) is 0 Å². The Kier molecular flexibility index (Phi) is 2.74. The second-order valence-corrected chi connectivity index (χ2v) is 6.54. The lowest BCUT2D eigenvalue weighted by atomic mass is 9.81. The summed E-state index contributed by atoms with van der Waals surface area (Å²) in [7, 11) is 0. The molecule has 2 aliphatic rings. The van der Waals surface area contributed by atoms with Gasteiger partial charge >= 0.3 is 6.03 Å². The van der Waals surface area contributed by atoms with E-state index in [0.717, 1.165) is 6.54 Å². The second-order valence-electron chi connectivity index (χ2n) is 5.64. The average molecular weight is 280 g/mol. The molecule has 102 valence electrons. The van der Waals surface area contributed by atoms with Crippen LogP contribution in [0.3, 0.4) is 0 Å². The first-order valence-electron chi connectivity index (χ1n) is 6.24. The van der Waals surface area contributed by atoms with E-state index in [1.807, 2.05) is 24.1 Å². The molecule has 0 spiro atoms. The molecular formula is C12H16N4O2S. The number of rotatable bonds is 2. The summed E-state index contributed by atoms with van der Waals surface area (Å²) in [5.74, 6) is 0.192. The zero-order valence-corrected chi connectivity index (χ0v) is 11.7. The number of thiazole rings is 1. The van der Waals surface area contributed by atoms with Crippen molar-refractivity contribution >= 4 is 28.4 Å². The van der Waals surface area contributed by atoms with Gasteiger partial charge in [0.05, 0.1) is 11.5 Å². The van der Waals surface area contributed by atoms with Crippen molar-refractivity contribution in [1.29, 1.82) is 0 Å². The third-order valence-corrected chi connectivity index (χ3v) is 4.33. The molecule has 3 rings (SSSR count). The van der Waals surface area contributed by atoms with Crippen LogP contribution >= 0.6 is 11.3 Å². The lowest BCUT2D eigenvalue weighted by Gasteiger charge is -2.54. The van der Waals surface area contributed by atoms with Gasteiger partial charge in [0.15, 0.2) is 5.13 Å². The molecule has 3 heterocycles. The van der Waals surface area contributed by atoms with Gasteiger partial charge in [-0.2, -0.15) is 0 Å². The predicted octanol–water partition coefficient (Wildman–Crippen LogP) is 1.23. The molecule has 0 radical (unpaired) electrons. The van der Waals surface area contributed by atoms with Gasteiger partial charge in [-0.05, 0) is 13.8 Å². The number of nitrogens with one attached hydrogen (secondary N) is 1. The van der Waals surface area contributed by atoms with E-state index in [9.17, 15) is 9.59 Å². The monoisotopic (exact) mass is 280 g/mol. The van der Waals surface area contributed by atoms with Gasteiger partial charge in [0.2, 0.25) is 5.91 Å². The molecule has 0 unspecified atom stereocenters. The molecule has 2 fully saturated rings. The van der Waals surface area contributed by atoms with Crippen molar-refractivity contribution in [1.82, 2.24) is 14.8 Å². The molecule has 0 bridgehead atoms. The Hall–Kier alpha value is -1.63. The summed E-state index contributed by atoms with van der Waals surface area (Å²) in [4.78, 5) is 31.3. The molecule has 1 N–H and O–H groups in total. The van der Waals surface area contributed by atoms with E-state index in [-0.39, 0.29) is 23.4 Å². The topological polar surface area (TPSA) is 65.5 Å². The fraction of sp³-hybridized carbons (Fsp3) is 0.583. The minimum Gasteiger partial charge on any atom is -0.335 e. The number of hydrogen-bond donors (Lipinski definition) is 1. The highest BCUT2D eigenvalue weighted by atomic mass is 32.1. The minimum atomic E-state index is -0.219. The van der Waals surface area contributed by atoms with E-state index < -0.39 is 0 Å². The number of carbonyl (C=O) groups is 2. The Bertz CT molecular complexity index is 508. The summed E-state index contributed by atoms with van der Waals surface area (Å²) >= 11 is 1.39.